The Bertz CT molecular complexity index is 1770. The number of nitrogens with zero attached hydrogens (tertiary/aromatic N) is 4. The molecule has 0 fully saturated rings. The van der Waals surface area contributed by atoms with Crippen molar-refractivity contribution in [2.24, 2.45) is 10.5 Å². The first-order valence-corrected chi connectivity index (χ1v) is 14.8. The molecule has 0 aliphatic rings. The summed E-state index contributed by atoms with van der Waals surface area (Å²) in [5.41, 5.74) is 2.61. The maximum atomic E-state index is 13.9. The number of aromatic nitrogens is 2. The summed E-state index contributed by atoms with van der Waals surface area (Å²) in [6, 6.07) is 14.0. The topological polar surface area (TPSA) is 118 Å². The van der Waals surface area contributed by atoms with Gasteiger partial charge in [0.05, 0.1) is 41.9 Å². The lowest BCUT2D eigenvalue weighted by Crippen LogP contribution is -2.21. The minimum atomic E-state index is -0.510. The highest BCUT2D eigenvalue weighted by Crippen LogP contribution is 2.39. The van der Waals surface area contributed by atoms with E-state index in [1.165, 1.54) is 17.0 Å². The molecular weight excluding hydrogens is 560 g/mol. The standard InChI is InChI=1S/C34H40N4O6/c1-9-42-29-15-22(5)26(18-25(29)21(3)4)32-36-27-14-12-11-13-24(27)33(39)37(32)35-19-23-16-28(38(40)41)31(30(17-23)43-10-2)44-20-34(6,7)8/h11-19,21H,9-10,20H2,1-8H3. The highest BCUT2D eigenvalue weighted by molar-refractivity contribution is 5.84. The number of ether oxygens (including phenoxy) is 3. The molecule has 1 aromatic heterocycles. The number of aryl methyl sites for hydroxylation is 1. The van der Waals surface area contributed by atoms with Crippen LogP contribution in [0.25, 0.3) is 22.3 Å². The number of hydrogen-bond acceptors (Lipinski definition) is 8. The predicted octanol–water partition coefficient (Wildman–Crippen LogP) is 7.51. The fourth-order valence-corrected chi connectivity index (χ4v) is 4.72. The van der Waals surface area contributed by atoms with E-state index in [1.54, 1.807) is 31.2 Å². The Morgan fingerprint density at radius 3 is 2.34 bits per heavy atom. The van der Waals surface area contributed by atoms with Gasteiger partial charge in [0, 0.05) is 17.2 Å². The monoisotopic (exact) mass is 600 g/mol. The van der Waals surface area contributed by atoms with E-state index in [-0.39, 0.29) is 47.3 Å². The molecule has 44 heavy (non-hydrogen) atoms. The summed E-state index contributed by atoms with van der Waals surface area (Å²) >= 11 is 0. The van der Waals surface area contributed by atoms with E-state index in [2.05, 4.69) is 18.9 Å². The molecule has 10 heteroatoms. The van der Waals surface area contributed by atoms with Crippen LogP contribution < -0.4 is 19.8 Å². The lowest BCUT2D eigenvalue weighted by Gasteiger charge is -2.20. The molecule has 3 aromatic carbocycles. The van der Waals surface area contributed by atoms with Crippen molar-refractivity contribution < 1.29 is 19.1 Å². The maximum absolute atomic E-state index is 13.9. The summed E-state index contributed by atoms with van der Waals surface area (Å²) < 4.78 is 18.8. The van der Waals surface area contributed by atoms with Crippen LogP contribution in [0.4, 0.5) is 5.69 Å². The van der Waals surface area contributed by atoms with Crippen molar-refractivity contribution in [3.05, 3.63) is 85.7 Å². The Hall–Kier alpha value is -4.73. The zero-order chi connectivity index (χ0) is 32.2. The molecule has 0 saturated heterocycles. The number of rotatable bonds is 11. The molecule has 232 valence electrons. The second-order valence-corrected chi connectivity index (χ2v) is 12.0. The van der Waals surface area contributed by atoms with Gasteiger partial charge in [0.15, 0.2) is 11.6 Å². The lowest BCUT2D eigenvalue weighted by atomic mass is 9.96. The van der Waals surface area contributed by atoms with E-state index in [1.807, 2.05) is 52.8 Å². The van der Waals surface area contributed by atoms with Crippen LogP contribution >= 0.6 is 0 Å². The number of benzene rings is 3. The summed E-state index contributed by atoms with van der Waals surface area (Å²) in [5, 5.41) is 17.1. The second kappa shape index (κ2) is 13.3. The van der Waals surface area contributed by atoms with E-state index in [9.17, 15) is 14.9 Å². The number of nitro groups is 1. The maximum Gasteiger partial charge on any atom is 0.315 e. The third-order valence-electron chi connectivity index (χ3n) is 6.80. The number of fused-ring (bicyclic) bond motifs is 1. The van der Waals surface area contributed by atoms with Gasteiger partial charge in [-0.15, -0.1) is 0 Å². The third-order valence-corrected chi connectivity index (χ3v) is 6.80. The molecule has 1 heterocycles. The molecule has 0 unspecified atom stereocenters. The second-order valence-electron chi connectivity index (χ2n) is 12.0. The summed E-state index contributed by atoms with van der Waals surface area (Å²) in [4.78, 5) is 30.3. The van der Waals surface area contributed by atoms with E-state index >= 15 is 0 Å². The fraction of sp³-hybridized carbons (Fsp3) is 0.382. The van der Waals surface area contributed by atoms with Crippen molar-refractivity contribution in [2.75, 3.05) is 19.8 Å². The molecule has 0 bridgehead atoms. The van der Waals surface area contributed by atoms with Gasteiger partial charge in [0.2, 0.25) is 5.75 Å². The first-order chi connectivity index (χ1) is 20.8. The van der Waals surface area contributed by atoms with Gasteiger partial charge in [-0.3, -0.25) is 14.9 Å². The number of para-hydroxylation sites is 1. The Balaban J connectivity index is 1.93. The van der Waals surface area contributed by atoms with E-state index in [0.29, 0.717) is 28.9 Å². The van der Waals surface area contributed by atoms with Crippen LogP contribution in [0.2, 0.25) is 0 Å². The molecule has 0 aliphatic carbocycles. The highest BCUT2D eigenvalue weighted by atomic mass is 16.6. The predicted molar refractivity (Wildman–Crippen MR) is 174 cm³/mol. The van der Waals surface area contributed by atoms with Crippen molar-refractivity contribution >= 4 is 22.8 Å². The van der Waals surface area contributed by atoms with Crippen LogP contribution in [-0.4, -0.2) is 40.6 Å². The lowest BCUT2D eigenvalue weighted by molar-refractivity contribution is -0.386. The van der Waals surface area contributed by atoms with Gasteiger partial charge in [-0.1, -0.05) is 46.8 Å². The fourth-order valence-electron chi connectivity index (χ4n) is 4.72. The van der Waals surface area contributed by atoms with Crippen LogP contribution in [0, 0.1) is 22.5 Å². The Kier molecular flexibility index (Phi) is 9.71. The van der Waals surface area contributed by atoms with Gasteiger partial charge in [0.1, 0.15) is 5.75 Å². The molecule has 0 amide bonds. The van der Waals surface area contributed by atoms with Gasteiger partial charge < -0.3 is 14.2 Å². The van der Waals surface area contributed by atoms with Crippen LogP contribution in [0.5, 0.6) is 17.2 Å². The number of hydrogen-bond donors (Lipinski definition) is 0. The highest BCUT2D eigenvalue weighted by Gasteiger charge is 2.25. The normalized spacial score (nSPS) is 11.8. The van der Waals surface area contributed by atoms with Crippen LogP contribution in [0.15, 0.2) is 58.4 Å². The Morgan fingerprint density at radius 2 is 1.70 bits per heavy atom. The first-order valence-electron chi connectivity index (χ1n) is 14.8. The van der Waals surface area contributed by atoms with Crippen molar-refractivity contribution in [3.63, 3.8) is 0 Å². The van der Waals surface area contributed by atoms with Crippen LogP contribution in [0.3, 0.4) is 0 Å². The third kappa shape index (κ3) is 7.07. The van der Waals surface area contributed by atoms with Gasteiger partial charge in [-0.05, 0) is 73.6 Å². The largest absolute Gasteiger partial charge is 0.494 e. The summed E-state index contributed by atoms with van der Waals surface area (Å²) in [6.07, 6.45) is 1.40. The molecule has 4 aromatic rings. The van der Waals surface area contributed by atoms with Crippen molar-refractivity contribution in [1.29, 1.82) is 0 Å². The smallest absolute Gasteiger partial charge is 0.315 e. The number of nitro benzene ring substituents is 1. The zero-order valence-corrected chi connectivity index (χ0v) is 26.6. The van der Waals surface area contributed by atoms with Gasteiger partial charge in [-0.25, -0.2) is 4.98 Å². The molecule has 0 atom stereocenters. The Morgan fingerprint density at radius 1 is 1.02 bits per heavy atom. The minimum absolute atomic E-state index is 0.0559. The van der Waals surface area contributed by atoms with Gasteiger partial charge in [-0.2, -0.15) is 9.78 Å². The molecular formula is C34H40N4O6. The molecule has 0 N–H and O–H groups in total. The molecule has 10 nitrogen and oxygen atoms in total. The first kappa shape index (κ1) is 32.2. The quantitative estimate of drug-likeness (QED) is 0.0993. The van der Waals surface area contributed by atoms with Crippen molar-refractivity contribution in [3.8, 4) is 28.6 Å². The average Bonchev–Trinajstić information content (AvgIpc) is 2.95. The SMILES string of the molecule is CCOc1cc(C)c(-c2nc3ccccc3c(=O)n2N=Cc2cc(OCC)c(OCC(C)(C)C)c([N+](=O)[O-])c2)cc1C(C)C. The molecule has 0 spiro atoms. The van der Waals surface area contributed by atoms with Crippen LogP contribution in [0.1, 0.15) is 71.1 Å². The van der Waals surface area contributed by atoms with Crippen molar-refractivity contribution in [2.45, 2.75) is 61.3 Å². The van der Waals surface area contributed by atoms with E-state index in [0.717, 1.165) is 22.4 Å². The molecule has 0 aliphatic heterocycles. The van der Waals surface area contributed by atoms with Gasteiger partial charge >= 0.3 is 5.69 Å². The summed E-state index contributed by atoms with van der Waals surface area (Å²) in [5.74, 6) is 1.56. The van der Waals surface area contributed by atoms with E-state index in [4.69, 9.17) is 19.2 Å². The minimum Gasteiger partial charge on any atom is -0.494 e. The molecule has 0 radical (unpaired) electrons. The molecule has 4 rings (SSSR count). The van der Waals surface area contributed by atoms with Gasteiger partial charge in [0.25, 0.3) is 5.56 Å². The Labute approximate surface area is 257 Å². The zero-order valence-electron chi connectivity index (χ0n) is 26.6. The average molecular weight is 601 g/mol. The summed E-state index contributed by atoms with van der Waals surface area (Å²) in [7, 11) is 0. The van der Waals surface area contributed by atoms with Crippen molar-refractivity contribution in [1.82, 2.24) is 9.66 Å². The van der Waals surface area contributed by atoms with E-state index < -0.39 is 4.92 Å². The molecule has 0 saturated carbocycles. The van der Waals surface area contributed by atoms with Crippen LogP contribution in [-0.2, 0) is 0 Å². The summed E-state index contributed by atoms with van der Waals surface area (Å²) in [6.45, 7) is 16.8.